The maximum atomic E-state index is 13.5. The zero-order chi connectivity index (χ0) is 17.6. The number of halogens is 2. The minimum absolute atomic E-state index is 0.102. The van der Waals surface area contributed by atoms with Crippen LogP contribution < -0.4 is 10.6 Å². The van der Waals surface area contributed by atoms with Crippen molar-refractivity contribution in [1.29, 1.82) is 0 Å². The largest absolute Gasteiger partial charge is 0.444 e. The van der Waals surface area contributed by atoms with Crippen LogP contribution in [0.2, 0.25) is 5.02 Å². The summed E-state index contributed by atoms with van der Waals surface area (Å²) in [5, 5.41) is 5.65. The fraction of sp³-hybridized carbons (Fsp3) is 0.0556. The molecule has 0 bridgehead atoms. The first-order valence-corrected chi connectivity index (χ1v) is 8.76. The van der Waals surface area contributed by atoms with Crippen LogP contribution >= 0.6 is 23.4 Å². The van der Waals surface area contributed by atoms with E-state index in [0.717, 1.165) is 4.90 Å². The maximum Gasteiger partial charge on any atom is 0.326 e. The van der Waals surface area contributed by atoms with Gasteiger partial charge in [0.25, 0.3) is 0 Å². The molecule has 0 aliphatic rings. The zero-order valence-electron chi connectivity index (χ0n) is 13.0. The minimum Gasteiger partial charge on any atom is -0.444 e. The number of rotatable bonds is 5. The Bertz CT molecular complexity index is 868. The molecule has 2 amide bonds. The van der Waals surface area contributed by atoms with Gasteiger partial charge in [0, 0.05) is 16.0 Å². The molecule has 0 radical (unpaired) electrons. The standard InChI is InChI=1S/C18H14ClFN2O2S/c19-12-5-8-14(9-6-12)25-11-13-7-10-17(24-13)22-18(23)21-16-4-2-1-3-15(16)20/h1-10H,11H2,(H2,21,22,23). The van der Waals surface area contributed by atoms with Crippen molar-refractivity contribution in [2.24, 2.45) is 0 Å². The van der Waals surface area contributed by atoms with Gasteiger partial charge in [-0.2, -0.15) is 0 Å². The topological polar surface area (TPSA) is 54.3 Å². The summed E-state index contributed by atoms with van der Waals surface area (Å²) in [4.78, 5) is 13.0. The van der Waals surface area contributed by atoms with Gasteiger partial charge in [-0.15, -0.1) is 11.8 Å². The van der Waals surface area contributed by atoms with E-state index in [-0.39, 0.29) is 5.69 Å². The molecule has 128 valence electrons. The first kappa shape index (κ1) is 17.4. The summed E-state index contributed by atoms with van der Waals surface area (Å²) < 4.78 is 19.1. The quantitative estimate of drug-likeness (QED) is 0.536. The minimum atomic E-state index is -0.573. The second kappa shape index (κ2) is 8.09. The summed E-state index contributed by atoms with van der Waals surface area (Å²) in [7, 11) is 0. The number of carbonyl (C=O) groups is 1. The van der Waals surface area contributed by atoms with Crippen LogP contribution in [0.1, 0.15) is 5.76 Å². The number of nitrogens with one attached hydrogen (secondary N) is 2. The van der Waals surface area contributed by atoms with Crippen molar-refractivity contribution in [3.63, 3.8) is 0 Å². The van der Waals surface area contributed by atoms with Gasteiger partial charge in [-0.3, -0.25) is 5.32 Å². The molecule has 1 heterocycles. The highest BCUT2D eigenvalue weighted by Crippen LogP contribution is 2.26. The molecule has 0 fully saturated rings. The van der Waals surface area contributed by atoms with E-state index in [1.165, 1.54) is 12.1 Å². The van der Waals surface area contributed by atoms with Gasteiger partial charge in [-0.05, 0) is 42.5 Å². The number of para-hydroxylation sites is 1. The summed E-state index contributed by atoms with van der Waals surface area (Å²) in [5.74, 6) is 1.11. The number of carbonyl (C=O) groups excluding carboxylic acids is 1. The maximum absolute atomic E-state index is 13.5. The van der Waals surface area contributed by atoms with Crippen molar-refractivity contribution >= 4 is 41.0 Å². The summed E-state index contributed by atoms with van der Waals surface area (Å²) in [6.45, 7) is 0. The Hall–Kier alpha value is -2.44. The van der Waals surface area contributed by atoms with Gasteiger partial charge in [0.15, 0.2) is 0 Å². The first-order valence-electron chi connectivity index (χ1n) is 7.40. The summed E-state index contributed by atoms with van der Waals surface area (Å²) in [5.41, 5.74) is 0.102. The number of urea groups is 1. The number of furan rings is 1. The lowest BCUT2D eigenvalue weighted by Gasteiger charge is -2.06. The van der Waals surface area contributed by atoms with Crippen molar-refractivity contribution in [2.75, 3.05) is 10.6 Å². The van der Waals surface area contributed by atoms with Crippen molar-refractivity contribution < 1.29 is 13.6 Å². The predicted octanol–water partition coefficient (Wildman–Crippen LogP) is 6.01. The van der Waals surface area contributed by atoms with Gasteiger partial charge in [0.2, 0.25) is 5.88 Å². The fourth-order valence-electron chi connectivity index (χ4n) is 2.04. The molecule has 3 rings (SSSR count). The molecule has 0 unspecified atom stereocenters. The van der Waals surface area contributed by atoms with E-state index in [1.54, 1.807) is 36.0 Å². The molecule has 0 saturated heterocycles. The Morgan fingerprint density at radius 3 is 2.56 bits per heavy atom. The first-order chi connectivity index (χ1) is 12.1. The lowest BCUT2D eigenvalue weighted by Crippen LogP contribution is -2.19. The molecule has 0 aliphatic carbocycles. The fourth-order valence-corrected chi connectivity index (χ4v) is 2.95. The molecule has 1 aromatic heterocycles. The van der Waals surface area contributed by atoms with Crippen LogP contribution in [0.25, 0.3) is 0 Å². The highest BCUT2D eigenvalue weighted by Gasteiger charge is 2.09. The van der Waals surface area contributed by atoms with Crippen LogP contribution in [0, 0.1) is 5.82 Å². The Morgan fingerprint density at radius 1 is 1.04 bits per heavy atom. The average Bonchev–Trinajstić information content (AvgIpc) is 3.04. The highest BCUT2D eigenvalue weighted by molar-refractivity contribution is 7.98. The molecule has 0 atom stereocenters. The van der Waals surface area contributed by atoms with Crippen molar-refractivity contribution in [1.82, 2.24) is 0 Å². The Labute approximate surface area is 153 Å². The van der Waals surface area contributed by atoms with Gasteiger partial charge >= 0.3 is 6.03 Å². The third-order valence-corrected chi connectivity index (χ3v) is 4.50. The molecule has 0 spiro atoms. The van der Waals surface area contributed by atoms with E-state index in [1.807, 2.05) is 24.3 Å². The van der Waals surface area contributed by atoms with Gasteiger partial charge in [0.1, 0.15) is 11.6 Å². The van der Waals surface area contributed by atoms with Crippen LogP contribution in [-0.2, 0) is 5.75 Å². The number of anilines is 2. The highest BCUT2D eigenvalue weighted by atomic mass is 35.5. The zero-order valence-corrected chi connectivity index (χ0v) is 14.5. The lowest BCUT2D eigenvalue weighted by atomic mass is 10.3. The number of benzene rings is 2. The Kier molecular flexibility index (Phi) is 5.63. The van der Waals surface area contributed by atoms with Crippen LogP contribution in [0.15, 0.2) is 70.0 Å². The van der Waals surface area contributed by atoms with E-state index in [9.17, 15) is 9.18 Å². The van der Waals surface area contributed by atoms with E-state index in [4.69, 9.17) is 16.0 Å². The van der Waals surface area contributed by atoms with E-state index < -0.39 is 11.8 Å². The van der Waals surface area contributed by atoms with Crippen LogP contribution in [0.5, 0.6) is 0 Å². The van der Waals surface area contributed by atoms with E-state index in [2.05, 4.69) is 10.6 Å². The summed E-state index contributed by atoms with van der Waals surface area (Å²) >= 11 is 7.44. The Balaban J connectivity index is 1.53. The summed E-state index contributed by atoms with van der Waals surface area (Å²) in [6.07, 6.45) is 0. The molecule has 3 aromatic rings. The molecular formula is C18H14ClFN2O2S. The van der Waals surface area contributed by atoms with Gasteiger partial charge < -0.3 is 9.73 Å². The smallest absolute Gasteiger partial charge is 0.326 e. The molecule has 2 N–H and O–H groups in total. The number of hydrogen-bond acceptors (Lipinski definition) is 3. The second-order valence-corrected chi connectivity index (χ2v) is 6.55. The van der Waals surface area contributed by atoms with Gasteiger partial charge in [-0.1, -0.05) is 23.7 Å². The molecule has 4 nitrogen and oxygen atoms in total. The van der Waals surface area contributed by atoms with E-state index >= 15 is 0 Å². The SMILES string of the molecule is O=C(Nc1ccc(CSc2ccc(Cl)cc2)o1)Nc1ccccc1F. The van der Waals surface area contributed by atoms with Crippen LogP contribution in [0.3, 0.4) is 0 Å². The number of thioether (sulfide) groups is 1. The molecule has 7 heteroatoms. The third-order valence-electron chi connectivity index (χ3n) is 3.22. The van der Waals surface area contributed by atoms with Gasteiger partial charge in [-0.25, -0.2) is 9.18 Å². The average molecular weight is 377 g/mol. The number of amides is 2. The monoisotopic (exact) mass is 376 g/mol. The van der Waals surface area contributed by atoms with E-state index in [0.29, 0.717) is 22.4 Å². The summed E-state index contributed by atoms with van der Waals surface area (Å²) in [6, 6.07) is 16.3. The normalized spacial score (nSPS) is 10.5. The van der Waals surface area contributed by atoms with Crippen LogP contribution in [-0.4, -0.2) is 6.03 Å². The molecule has 2 aromatic carbocycles. The van der Waals surface area contributed by atoms with Crippen LogP contribution in [0.4, 0.5) is 20.8 Å². The van der Waals surface area contributed by atoms with Crippen molar-refractivity contribution in [3.8, 4) is 0 Å². The second-order valence-electron chi connectivity index (χ2n) is 5.07. The lowest BCUT2D eigenvalue weighted by molar-refractivity contribution is 0.261. The number of hydrogen-bond donors (Lipinski definition) is 2. The molecule has 0 aliphatic heterocycles. The third kappa shape index (κ3) is 5.01. The predicted molar refractivity (Wildman–Crippen MR) is 98.8 cm³/mol. The molecule has 25 heavy (non-hydrogen) atoms. The molecular weight excluding hydrogens is 363 g/mol. The van der Waals surface area contributed by atoms with Crippen molar-refractivity contribution in [3.05, 3.63) is 77.3 Å². The molecule has 0 saturated carbocycles. The van der Waals surface area contributed by atoms with Crippen molar-refractivity contribution in [2.45, 2.75) is 10.6 Å². The Morgan fingerprint density at radius 2 is 1.80 bits per heavy atom. The van der Waals surface area contributed by atoms with Gasteiger partial charge in [0.05, 0.1) is 11.4 Å².